The Kier molecular flexibility index (Phi) is 5.11. The van der Waals surface area contributed by atoms with Crippen molar-refractivity contribution >= 4 is 21.6 Å². The first-order valence-electron chi connectivity index (χ1n) is 5.06. The Hall–Kier alpha value is -0.910. The summed E-state index contributed by atoms with van der Waals surface area (Å²) in [7, 11) is 1.54. The molecule has 0 heterocycles. The van der Waals surface area contributed by atoms with Gasteiger partial charge in [0.1, 0.15) is 5.75 Å². The van der Waals surface area contributed by atoms with E-state index in [1.54, 1.807) is 18.2 Å². The molecular formula is C11H13BrF3NO. The van der Waals surface area contributed by atoms with Gasteiger partial charge < -0.3 is 10.1 Å². The minimum atomic E-state index is -4.08. The minimum Gasteiger partial charge on any atom is -0.495 e. The van der Waals surface area contributed by atoms with Crippen molar-refractivity contribution in [1.82, 2.24) is 0 Å². The Morgan fingerprint density at radius 1 is 1.35 bits per heavy atom. The highest BCUT2D eigenvalue weighted by atomic mass is 79.9. The van der Waals surface area contributed by atoms with Crippen molar-refractivity contribution in [3.05, 3.63) is 22.7 Å². The molecule has 1 aromatic carbocycles. The highest BCUT2D eigenvalue weighted by Crippen LogP contribution is 2.28. The predicted octanol–water partition coefficient (Wildman–Crippen LogP) is 4.21. The minimum absolute atomic E-state index is 0.0574. The van der Waals surface area contributed by atoms with Gasteiger partial charge in [-0.3, -0.25) is 0 Å². The van der Waals surface area contributed by atoms with Gasteiger partial charge in [0.2, 0.25) is 0 Å². The molecule has 1 N–H and O–H groups in total. The van der Waals surface area contributed by atoms with Crippen molar-refractivity contribution in [3.63, 3.8) is 0 Å². The third-order valence-corrected chi connectivity index (χ3v) is 2.77. The van der Waals surface area contributed by atoms with Crippen LogP contribution in [0, 0.1) is 0 Å². The monoisotopic (exact) mass is 311 g/mol. The van der Waals surface area contributed by atoms with Gasteiger partial charge in [0.25, 0.3) is 0 Å². The van der Waals surface area contributed by atoms with Crippen LogP contribution in [0.4, 0.5) is 18.9 Å². The molecule has 0 fully saturated rings. The van der Waals surface area contributed by atoms with Crippen molar-refractivity contribution in [2.24, 2.45) is 0 Å². The van der Waals surface area contributed by atoms with Crippen molar-refractivity contribution in [2.45, 2.75) is 19.0 Å². The number of methoxy groups -OCH3 is 1. The number of halogens is 4. The van der Waals surface area contributed by atoms with E-state index in [0.717, 1.165) is 10.2 Å². The number of hydrogen-bond donors (Lipinski definition) is 1. The van der Waals surface area contributed by atoms with Crippen LogP contribution in [-0.4, -0.2) is 19.8 Å². The lowest BCUT2D eigenvalue weighted by atomic mass is 10.2. The van der Waals surface area contributed by atoms with Gasteiger partial charge in [0, 0.05) is 24.7 Å². The topological polar surface area (TPSA) is 21.3 Å². The number of anilines is 1. The fourth-order valence-electron chi connectivity index (χ4n) is 1.29. The highest BCUT2D eigenvalue weighted by molar-refractivity contribution is 9.10. The molecule has 1 rings (SSSR count). The molecule has 0 aromatic heterocycles. The second kappa shape index (κ2) is 6.14. The zero-order valence-corrected chi connectivity index (χ0v) is 10.9. The molecule has 0 bridgehead atoms. The molecule has 6 heteroatoms. The Morgan fingerprint density at radius 3 is 2.65 bits per heavy atom. The summed E-state index contributed by atoms with van der Waals surface area (Å²) < 4.78 is 41.6. The van der Waals surface area contributed by atoms with E-state index in [4.69, 9.17) is 4.74 Å². The maximum Gasteiger partial charge on any atom is 0.389 e. The Bertz CT molecular complexity index is 368. The number of alkyl halides is 3. The quantitative estimate of drug-likeness (QED) is 0.822. The first-order chi connectivity index (χ1) is 7.92. The fourth-order valence-corrected chi connectivity index (χ4v) is 1.70. The number of benzene rings is 1. The summed E-state index contributed by atoms with van der Waals surface area (Å²) in [6.45, 7) is 0.282. The molecule has 0 unspecified atom stereocenters. The van der Waals surface area contributed by atoms with Crippen molar-refractivity contribution in [3.8, 4) is 5.75 Å². The van der Waals surface area contributed by atoms with E-state index in [1.807, 2.05) is 0 Å². The lowest BCUT2D eigenvalue weighted by Gasteiger charge is -2.10. The van der Waals surface area contributed by atoms with E-state index >= 15 is 0 Å². The third-order valence-electron chi connectivity index (χ3n) is 2.12. The van der Waals surface area contributed by atoms with Crippen LogP contribution >= 0.6 is 15.9 Å². The Balaban J connectivity index is 2.42. The van der Waals surface area contributed by atoms with Crippen LogP contribution < -0.4 is 10.1 Å². The van der Waals surface area contributed by atoms with Crippen LogP contribution in [0.5, 0.6) is 5.75 Å². The third kappa shape index (κ3) is 5.30. The van der Waals surface area contributed by atoms with Crippen LogP contribution in [0.3, 0.4) is 0 Å². The van der Waals surface area contributed by atoms with E-state index < -0.39 is 12.6 Å². The molecule has 0 atom stereocenters. The normalized spacial score (nSPS) is 11.4. The number of hydrogen-bond acceptors (Lipinski definition) is 2. The Morgan fingerprint density at radius 2 is 2.06 bits per heavy atom. The molecule has 0 aliphatic carbocycles. The molecule has 0 radical (unpaired) electrons. The van der Waals surface area contributed by atoms with Gasteiger partial charge in [0.05, 0.1) is 11.6 Å². The number of nitrogens with one attached hydrogen (secondary N) is 1. The zero-order chi connectivity index (χ0) is 12.9. The maximum absolute atomic E-state index is 11.9. The summed E-state index contributed by atoms with van der Waals surface area (Å²) in [5, 5.41) is 2.92. The first-order valence-corrected chi connectivity index (χ1v) is 5.86. The van der Waals surface area contributed by atoms with Gasteiger partial charge in [-0.2, -0.15) is 13.2 Å². The molecule has 1 aromatic rings. The average Bonchev–Trinajstić information content (AvgIpc) is 2.25. The van der Waals surface area contributed by atoms with E-state index in [9.17, 15) is 13.2 Å². The highest BCUT2D eigenvalue weighted by Gasteiger charge is 2.25. The number of ether oxygens (including phenoxy) is 1. The summed E-state index contributed by atoms with van der Waals surface area (Å²) in [4.78, 5) is 0. The van der Waals surface area contributed by atoms with Gasteiger partial charge in [-0.15, -0.1) is 0 Å². The van der Waals surface area contributed by atoms with Crippen LogP contribution in [0.15, 0.2) is 22.7 Å². The second-order valence-electron chi connectivity index (χ2n) is 3.49. The summed E-state index contributed by atoms with van der Waals surface area (Å²) in [6.07, 6.45) is -4.80. The molecule has 96 valence electrons. The van der Waals surface area contributed by atoms with E-state index in [-0.39, 0.29) is 13.0 Å². The first kappa shape index (κ1) is 14.2. The largest absolute Gasteiger partial charge is 0.495 e. The van der Waals surface area contributed by atoms with Gasteiger partial charge in [-0.25, -0.2) is 0 Å². The summed E-state index contributed by atoms with van der Waals surface area (Å²) in [6, 6.07) is 5.29. The van der Waals surface area contributed by atoms with Gasteiger partial charge in [-0.05, 0) is 34.5 Å². The van der Waals surface area contributed by atoms with Crippen LogP contribution in [0.2, 0.25) is 0 Å². The molecule has 0 aliphatic rings. The van der Waals surface area contributed by atoms with Crippen molar-refractivity contribution < 1.29 is 17.9 Å². The van der Waals surface area contributed by atoms with Crippen LogP contribution in [0.25, 0.3) is 0 Å². The van der Waals surface area contributed by atoms with E-state index in [2.05, 4.69) is 21.2 Å². The summed E-state index contributed by atoms with van der Waals surface area (Å²) in [5.41, 5.74) is 0.743. The standard InChI is InChI=1S/C11H13BrF3NO/c1-17-10-7-8(3-4-9(10)12)16-6-2-5-11(13,14)15/h3-4,7,16H,2,5-6H2,1H3. The molecule has 0 aliphatic heterocycles. The Labute approximate surface area is 106 Å². The van der Waals surface area contributed by atoms with Gasteiger partial charge in [0.15, 0.2) is 0 Å². The predicted molar refractivity (Wildman–Crippen MR) is 64.5 cm³/mol. The lowest BCUT2D eigenvalue weighted by molar-refractivity contribution is -0.134. The van der Waals surface area contributed by atoms with E-state index in [0.29, 0.717) is 5.75 Å². The molecule has 0 spiro atoms. The van der Waals surface area contributed by atoms with Gasteiger partial charge >= 0.3 is 6.18 Å². The number of rotatable bonds is 5. The molecule has 0 saturated heterocycles. The van der Waals surface area contributed by atoms with Crippen LogP contribution in [-0.2, 0) is 0 Å². The zero-order valence-electron chi connectivity index (χ0n) is 9.27. The molecule has 17 heavy (non-hydrogen) atoms. The summed E-state index contributed by atoms with van der Waals surface area (Å²) >= 11 is 3.30. The molecular weight excluding hydrogens is 299 g/mol. The lowest BCUT2D eigenvalue weighted by Crippen LogP contribution is -2.10. The van der Waals surface area contributed by atoms with Crippen molar-refractivity contribution in [2.75, 3.05) is 19.0 Å². The maximum atomic E-state index is 11.9. The SMILES string of the molecule is COc1cc(NCCCC(F)(F)F)ccc1Br. The molecule has 0 saturated carbocycles. The van der Waals surface area contributed by atoms with Crippen molar-refractivity contribution in [1.29, 1.82) is 0 Å². The van der Waals surface area contributed by atoms with Crippen LogP contribution in [0.1, 0.15) is 12.8 Å². The average molecular weight is 312 g/mol. The van der Waals surface area contributed by atoms with E-state index in [1.165, 1.54) is 7.11 Å². The molecule has 2 nitrogen and oxygen atoms in total. The smallest absolute Gasteiger partial charge is 0.389 e. The summed E-state index contributed by atoms with van der Waals surface area (Å²) in [5.74, 6) is 0.644. The second-order valence-corrected chi connectivity index (χ2v) is 4.35. The molecule has 0 amide bonds. The van der Waals surface area contributed by atoms with Gasteiger partial charge in [-0.1, -0.05) is 0 Å². The fraction of sp³-hybridized carbons (Fsp3) is 0.455.